The van der Waals surface area contributed by atoms with Crippen molar-refractivity contribution in [3.8, 4) is 0 Å². The van der Waals surface area contributed by atoms with Crippen LogP contribution < -0.4 is 5.32 Å². The van der Waals surface area contributed by atoms with Gasteiger partial charge in [0.15, 0.2) is 0 Å². The van der Waals surface area contributed by atoms with E-state index in [0.29, 0.717) is 25.5 Å². The van der Waals surface area contributed by atoms with Crippen molar-refractivity contribution in [3.63, 3.8) is 0 Å². The van der Waals surface area contributed by atoms with E-state index >= 15 is 0 Å². The Labute approximate surface area is 138 Å². The first-order chi connectivity index (χ1) is 11.1. The van der Waals surface area contributed by atoms with Crippen molar-refractivity contribution in [2.24, 2.45) is 7.05 Å². The number of carbonyl (C=O) groups excluding carboxylic acids is 1. The van der Waals surface area contributed by atoms with Crippen LogP contribution in [0, 0.1) is 0 Å². The van der Waals surface area contributed by atoms with E-state index in [1.54, 1.807) is 7.05 Å². The lowest BCUT2D eigenvalue weighted by atomic mass is 9.99. The molecule has 130 valence electrons. The molecule has 0 spiro atoms. The van der Waals surface area contributed by atoms with Gasteiger partial charge in [0.05, 0.1) is 18.8 Å². The highest BCUT2D eigenvalue weighted by Gasteiger charge is 2.28. The van der Waals surface area contributed by atoms with Gasteiger partial charge >= 0.3 is 0 Å². The van der Waals surface area contributed by atoms with Gasteiger partial charge in [-0.3, -0.25) is 9.69 Å². The molecule has 1 saturated heterocycles. The number of nitrogens with one attached hydrogen (secondary N) is 1. The van der Waals surface area contributed by atoms with Gasteiger partial charge in [0, 0.05) is 32.9 Å². The van der Waals surface area contributed by atoms with Crippen molar-refractivity contribution in [3.05, 3.63) is 23.5 Å². The third-order valence-electron chi connectivity index (χ3n) is 4.54. The first-order valence-electron chi connectivity index (χ1n) is 8.46. The molecule has 0 aliphatic carbocycles. The molecule has 0 radical (unpaired) electrons. The molecule has 23 heavy (non-hydrogen) atoms. The number of β-amino-alcohol motifs (C(OH)–C–C–N with tert-alkyl or cyclic N) is 1. The molecule has 0 unspecified atom stereocenters. The molecule has 1 fully saturated rings. The lowest BCUT2D eigenvalue weighted by Gasteiger charge is -2.37. The molecule has 2 atom stereocenters. The predicted molar refractivity (Wildman–Crippen MR) is 89.5 cm³/mol. The summed E-state index contributed by atoms with van der Waals surface area (Å²) in [5.41, 5.74) is 1.80. The van der Waals surface area contributed by atoms with Gasteiger partial charge in [0.1, 0.15) is 5.69 Å². The van der Waals surface area contributed by atoms with Gasteiger partial charge in [-0.15, -0.1) is 0 Å². The second-order valence-corrected chi connectivity index (χ2v) is 6.10. The minimum absolute atomic E-state index is 0.0718. The molecule has 1 aromatic heterocycles. The van der Waals surface area contributed by atoms with E-state index in [0.717, 1.165) is 25.1 Å². The average molecular weight is 323 g/mol. The Morgan fingerprint density at radius 2 is 2.26 bits per heavy atom. The summed E-state index contributed by atoms with van der Waals surface area (Å²) in [4.78, 5) is 14.2. The third-order valence-corrected chi connectivity index (χ3v) is 4.54. The number of hydrogen-bond donors (Lipinski definition) is 2. The highest BCUT2D eigenvalue weighted by Crippen LogP contribution is 2.31. The molecule has 0 saturated carbocycles. The van der Waals surface area contributed by atoms with Crippen molar-refractivity contribution < 1.29 is 14.6 Å². The number of ether oxygens (including phenoxy) is 1. The minimum Gasteiger partial charge on any atom is -0.389 e. The second kappa shape index (κ2) is 8.47. The van der Waals surface area contributed by atoms with Crippen LogP contribution in [0.1, 0.15) is 48.4 Å². The number of aromatic nitrogens is 1. The zero-order chi connectivity index (χ0) is 16.8. The van der Waals surface area contributed by atoms with Gasteiger partial charge in [0.25, 0.3) is 5.91 Å². The van der Waals surface area contributed by atoms with Crippen LogP contribution in [0.15, 0.2) is 12.1 Å². The molecular formula is C17H29N3O3. The largest absolute Gasteiger partial charge is 0.389 e. The molecular weight excluding hydrogens is 294 g/mol. The molecule has 2 N–H and O–H groups in total. The number of carbonyl (C=O) groups is 1. The number of hydrogen-bond acceptors (Lipinski definition) is 4. The summed E-state index contributed by atoms with van der Waals surface area (Å²) < 4.78 is 7.29. The van der Waals surface area contributed by atoms with E-state index in [9.17, 15) is 9.90 Å². The average Bonchev–Trinajstić information content (AvgIpc) is 2.94. The van der Waals surface area contributed by atoms with Gasteiger partial charge in [-0.1, -0.05) is 6.42 Å². The lowest BCUT2D eigenvalue weighted by molar-refractivity contribution is 0.00427. The smallest absolute Gasteiger partial charge is 0.267 e. The molecule has 2 rings (SSSR count). The van der Waals surface area contributed by atoms with Crippen molar-refractivity contribution in [2.45, 2.75) is 38.3 Å². The second-order valence-electron chi connectivity index (χ2n) is 6.10. The Bertz CT molecular complexity index is 515. The number of amides is 1. The molecule has 6 heteroatoms. The van der Waals surface area contributed by atoms with Crippen LogP contribution in [0.3, 0.4) is 0 Å². The van der Waals surface area contributed by atoms with E-state index in [2.05, 4.69) is 10.2 Å². The first kappa shape index (κ1) is 18.0. The fourth-order valence-corrected chi connectivity index (χ4v) is 3.34. The fourth-order valence-electron chi connectivity index (χ4n) is 3.34. The zero-order valence-corrected chi connectivity index (χ0v) is 14.4. The molecule has 1 aromatic rings. The SMILES string of the molecule is CCOC[C@H](O)CN1CCCC[C@@H]1c1ccc(C(=O)NC)n1C. The lowest BCUT2D eigenvalue weighted by Crippen LogP contribution is -2.41. The summed E-state index contributed by atoms with van der Waals surface area (Å²) in [7, 11) is 3.58. The number of aliphatic hydroxyl groups excluding tert-OH is 1. The molecule has 1 aliphatic rings. The van der Waals surface area contributed by atoms with Crippen LogP contribution in [0.4, 0.5) is 0 Å². The maximum atomic E-state index is 11.9. The molecule has 6 nitrogen and oxygen atoms in total. The molecule has 0 aromatic carbocycles. The summed E-state index contributed by atoms with van der Waals surface area (Å²) in [5, 5.41) is 12.8. The van der Waals surface area contributed by atoms with E-state index in [-0.39, 0.29) is 11.9 Å². The zero-order valence-electron chi connectivity index (χ0n) is 14.4. The minimum atomic E-state index is -0.478. The Morgan fingerprint density at radius 1 is 1.48 bits per heavy atom. The predicted octanol–water partition coefficient (Wildman–Crippen LogP) is 1.31. The van der Waals surface area contributed by atoms with E-state index < -0.39 is 6.10 Å². The highest BCUT2D eigenvalue weighted by molar-refractivity contribution is 5.92. The number of nitrogens with zero attached hydrogens (tertiary/aromatic N) is 2. The highest BCUT2D eigenvalue weighted by atomic mass is 16.5. The van der Waals surface area contributed by atoms with Crippen molar-refractivity contribution in [1.29, 1.82) is 0 Å². The van der Waals surface area contributed by atoms with Crippen molar-refractivity contribution in [1.82, 2.24) is 14.8 Å². The molecule has 0 bridgehead atoms. The Morgan fingerprint density at radius 3 is 2.96 bits per heavy atom. The summed E-state index contributed by atoms with van der Waals surface area (Å²) >= 11 is 0. The summed E-state index contributed by atoms with van der Waals surface area (Å²) in [6.07, 6.45) is 2.88. The number of aliphatic hydroxyl groups is 1. The molecule has 1 amide bonds. The quantitative estimate of drug-likeness (QED) is 0.794. The Hall–Kier alpha value is -1.37. The van der Waals surface area contributed by atoms with Crippen LogP contribution in [-0.4, -0.2) is 59.9 Å². The maximum absolute atomic E-state index is 11.9. The monoisotopic (exact) mass is 323 g/mol. The number of likely N-dealkylation sites (tertiary alicyclic amines) is 1. The van der Waals surface area contributed by atoms with Crippen LogP contribution in [0.25, 0.3) is 0 Å². The first-order valence-corrected chi connectivity index (χ1v) is 8.46. The molecule has 1 aliphatic heterocycles. The summed E-state index contributed by atoms with van der Waals surface area (Å²) in [6.45, 7) is 4.49. The summed E-state index contributed by atoms with van der Waals surface area (Å²) in [5.74, 6) is -0.0718. The van der Waals surface area contributed by atoms with Crippen LogP contribution in [0.2, 0.25) is 0 Å². The topological polar surface area (TPSA) is 66.7 Å². The van der Waals surface area contributed by atoms with Gasteiger partial charge < -0.3 is 19.7 Å². The van der Waals surface area contributed by atoms with Crippen molar-refractivity contribution in [2.75, 3.05) is 33.4 Å². The number of rotatable bonds is 7. The number of piperidine rings is 1. The Balaban J connectivity index is 2.12. The fraction of sp³-hybridized carbons (Fsp3) is 0.706. The third kappa shape index (κ3) is 4.34. The normalized spacial score (nSPS) is 20.4. The maximum Gasteiger partial charge on any atom is 0.267 e. The van der Waals surface area contributed by atoms with Gasteiger partial charge in [0.2, 0.25) is 0 Å². The van der Waals surface area contributed by atoms with E-state index in [1.165, 1.54) is 6.42 Å². The van der Waals surface area contributed by atoms with Crippen LogP contribution >= 0.6 is 0 Å². The van der Waals surface area contributed by atoms with Gasteiger partial charge in [-0.05, 0) is 38.4 Å². The van der Waals surface area contributed by atoms with E-state index in [1.807, 2.05) is 30.7 Å². The van der Waals surface area contributed by atoms with Crippen molar-refractivity contribution >= 4 is 5.91 Å². The molecule has 2 heterocycles. The van der Waals surface area contributed by atoms with E-state index in [4.69, 9.17) is 4.74 Å². The standard InChI is InChI=1S/C17H29N3O3/c1-4-23-12-13(21)11-20-10-6-5-7-15(20)14-8-9-16(19(14)3)17(22)18-2/h8-9,13,15,21H,4-7,10-12H2,1-3H3,(H,18,22)/t13-,15-/m1/s1. The van der Waals surface area contributed by atoms with Gasteiger partial charge in [-0.2, -0.15) is 0 Å². The summed E-state index contributed by atoms with van der Waals surface area (Å²) in [6, 6.07) is 4.14. The van der Waals surface area contributed by atoms with Gasteiger partial charge in [-0.25, -0.2) is 0 Å². The van der Waals surface area contributed by atoms with Crippen LogP contribution in [0.5, 0.6) is 0 Å². The van der Waals surface area contributed by atoms with Crippen LogP contribution in [-0.2, 0) is 11.8 Å². The Kier molecular flexibility index (Phi) is 6.62.